The first-order valence-electron chi connectivity index (χ1n) is 13.6. The zero-order valence-corrected chi connectivity index (χ0v) is 25.4. The number of likely N-dealkylation sites (tertiary alicyclic amines) is 2. The van der Waals surface area contributed by atoms with Gasteiger partial charge in [0, 0.05) is 69.9 Å². The summed E-state index contributed by atoms with van der Waals surface area (Å²) in [6.45, 7) is 5.73. The zero-order chi connectivity index (χ0) is 32.1. The van der Waals surface area contributed by atoms with Crippen LogP contribution in [0.3, 0.4) is 0 Å². The molecule has 4 rings (SSSR count). The molecule has 0 unspecified atom stereocenters. The minimum atomic E-state index is -5.08. The van der Waals surface area contributed by atoms with Crippen molar-refractivity contribution in [2.75, 3.05) is 33.2 Å². The molecule has 2 aromatic rings. The van der Waals surface area contributed by atoms with Crippen LogP contribution in [0.5, 0.6) is 0 Å². The number of pyridine rings is 1. The van der Waals surface area contributed by atoms with E-state index in [1.807, 2.05) is 37.1 Å². The standard InChI is InChI=1S/C27H32Cl2N4O3.C2HF3O2/c1-17-4-5-21(15-30-17)26(35)31(3)25-10-13-33(16-22(25)20-6-7-23(28)24(29)14-20)27(36)19-8-11-32(12-9-19)18(2)34;3-2(4,5)1(6)7/h4-7,14-15,19,22,25H,8-13,16H2,1-3H3;(H,6,7)/t22-,25+;/m0./s1. The molecule has 1 aromatic heterocycles. The number of rotatable bonds is 4. The van der Waals surface area contributed by atoms with E-state index in [1.165, 1.54) is 0 Å². The van der Waals surface area contributed by atoms with Crippen LogP contribution < -0.4 is 0 Å². The molecular weight excluding hydrogens is 612 g/mol. The molecule has 0 radical (unpaired) electrons. The zero-order valence-electron chi connectivity index (χ0n) is 23.9. The van der Waals surface area contributed by atoms with Crippen molar-refractivity contribution < 1.29 is 37.5 Å². The van der Waals surface area contributed by atoms with Crippen LogP contribution in [0.25, 0.3) is 0 Å². The molecule has 0 bridgehead atoms. The predicted octanol–water partition coefficient (Wildman–Crippen LogP) is 5.05. The number of carbonyl (C=O) groups excluding carboxylic acids is 3. The van der Waals surface area contributed by atoms with E-state index in [4.69, 9.17) is 33.1 Å². The lowest BCUT2D eigenvalue weighted by atomic mass is 9.83. The fourth-order valence-electron chi connectivity index (χ4n) is 5.32. The fourth-order valence-corrected chi connectivity index (χ4v) is 5.63. The van der Waals surface area contributed by atoms with Crippen LogP contribution in [0.4, 0.5) is 13.2 Å². The molecule has 0 aliphatic carbocycles. The molecule has 1 N–H and O–H groups in total. The highest BCUT2D eigenvalue weighted by Gasteiger charge is 2.39. The van der Waals surface area contributed by atoms with Crippen molar-refractivity contribution in [1.29, 1.82) is 0 Å². The lowest BCUT2D eigenvalue weighted by Gasteiger charge is -2.44. The number of amides is 3. The number of carboxylic acids is 1. The Bertz CT molecular complexity index is 1330. The Morgan fingerprint density at radius 2 is 1.58 bits per heavy atom. The van der Waals surface area contributed by atoms with E-state index >= 15 is 0 Å². The number of hydrogen-bond acceptors (Lipinski definition) is 5. The van der Waals surface area contributed by atoms with Crippen LogP contribution >= 0.6 is 23.2 Å². The van der Waals surface area contributed by atoms with E-state index in [-0.39, 0.29) is 35.6 Å². The summed E-state index contributed by atoms with van der Waals surface area (Å²) in [7, 11) is 1.81. The first kappa shape index (κ1) is 34.1. The molecule has 1 aromatic carbocycles. The summed E-state index contributed by atoms with van der Waals surface area (Å²) in [5.41, 5.74) is 2.33. The average molecular weight is 646 g/mol. The SMILES string of the molecule is CC(=O)N1CCC(C(=O)N2CC[C@@H](N(C)C(=O)c3ccc(C)nc3)[C@H](c3ccc(Cl)c(Cl)c3)C2)CC1.O=C(O)C(F)(F)F. The van der Waals surface area contributed by atoms with E-state index in [0.29, 0.717) is 61.1 Å². The van der Waals surface area contributed by atoms with Gasteiger partial charge in [0.05, 0.1) is 15.6 Å². The molecule has 2 aliphatic heterocycles. The van der Waals surface area contributed by atoms with Crippen molar-refractivity contribution >= 4 is 46.9 Å². The summed E-state index contributed by atoms with van der Waals surface area (Å²) in [5, 5.41) is 8.04. The molecule has 14 heteroatoms. The highest BCUT2D eigenvalue weighted by atomic mass is 35.5. The number of carboxylic acid groups (broad SMARTS) is 1. The minimum Gasteiger partial charge on any atom is -0.475 e. The van der Waals surface area contributed by atoms with E-state index in [2.05, 4.69) is 4.98 Å². The largest absolute Gasteiger partial charge is 0.490 e. The Morgan fingerprint density at radius 1 is 0.977 bits per heavy atom. The first-order chi connectivity index (χ1) is 20.1. The number of piperidine rings is 2. The first-order valence-corrected chi connectivity index (χ1v) is 14.3. The molecule has 0 spiro atoms. The van der Waals surface area contributed by atoms with Crippen molar-refractivity contribution in [2.24, 2.45) is 5.92 Å². The van der Waals surface area contributed by atoms with E-state index in [1.54, 1.807) is 35.1 Å². The molecule has 2 atom stereocenters. The van der Waals surface area contributed by atoms with Gasteiger partial charge in [-0.2, -0.15) is 13.2 Å². The molecule has 2 aliphatic rings. The summed E-state index contributed by atoms with van der Waals surface area (Å²) in [4.78, 5) is 57.1. The van der Waals surface area contributed by atoms with Gasteiger partial charge in [0.2, 0.25) is 11.8 Å². The van der Waals surface area contributed by atoms with Gasteiger partial charge < -0.3 is 19.8 Å². The number of aliphatic carboxylic acids is 1. The van der Waals surface area contributed by atoms with Crippen LogP contribution in [0.15, 0.2) is 36.5 Å². The second-order valence-corrected chi connectivity index (χ2v) is 11.4. The van der Waals surface area contributed by atoms with Gasteiger partial charge in [-0.25, -0.2) is 4.79 Å². The summed E-state index contributed by atoms with van der Waals surface area (Å²) < 4.78 is 31.7. The Kier molecular flexibility index (Phi) is 11.4. The van der Waals surface area contributed by atoms with Gasteiger partial charge in [-0.1, -0.05) is 29.3 Å². The Labute approximate surface area is 257 Å². The number of aryl methyl sites for hydroxylation is 1. The van der Waals surface area contributed by atoms with Crippen molar-refractivity contribution in [2.45, 2.75) is 51.2 Å². The van der Waals surface area contributed by atoms with Crippen LogP contribution in [-0.2, 0) is 14.4 Å². The van der Waals surface area contributed by atoms with Gasteiger partial charge in [-0.3, -0.25) is 19.4 Å². The second kappa shape index (κ2) is 14.4. The van der Waals surface area contributed by atoms with Crippen LogP contribution in [0, 0.1) is 12.8 Å². The van der Waals surface area contributed by atoms with Crippen molar-refractivity contribution in [1.82, 2.24) is 19.7 Å². The average Bonchev–Trinajstić information content (AvgIpc) is 2.97. The lowest BCUT2D eigenvalue weighted by Crippen LogP contribution is -2.53. The van der Waals surface area contributed by atoms with Crippen molar-refractivity contribution in [3.8, 4) is 0 Å². The Balaban J connectivity index is 0.000000646. The number of aromatic nitrogens is 1. The van der Waals surface area contributed by atoms with Gasteiger partial charge >= 0.3 is 12.1 Å². The molecule has 3 amide bonds. The normalized spacial score (nSPS) is 19.3. The van der Waals surface area contributed by atoms with Crippen molar-refractivity contribution in [3.05, 3.63) is 63.4 Å². The third kappa shape index (κ3) is 8.82. The maximum absolute atomic E-state index is 13.5. The number of carbonyl (C=O) groups is 4. The highest BCUT2D eigenvalue weighted by molar-refractivity contribution is 6.42. The maximum Gasteiger partial charge on any atom is 0.490 e. The lowest BCUT2D eigenvalue weighted by molar-refractivity contribution is -0.192. The van der Waals surface area contributed by atoms with Gasteiger partial charge in [0.15, 0.2) is 0 Å². The molecule has 3 heterocycles. The molecular formula is C29H33Cl2F3N4O5. The molecule has 2 saturated heterocycles. The summed E-state index contributed by atoms with van der Waals surface area (Å²) in [6.07, 6.45) is -1.48. The number of likely N-dealkylation sites (N-methyl/N-ethyl adjacent to an activating group) is 1. The number of benzene rings is 1. The Hall–Kier alpha value is -3.38. The van der Waals surface area contributed by atoms with Crippen LogP contribution in [0.2, 0.25) is 10.0 Å². The number of halogens is 5. The summed E-state index contributed by atoms with van der Waals surface area (Å²) in [6, 6.07) is 9.03. The molecule has 9 nitrogen and oxygen atoms in total. The number of nitrogens with zero attached hydrogens (tertiary/aromatic N) is 4. The fraction of sp³-hybridized carbons (Fsp3) is 0.483. The molecule has 0 saturated carbocycles. The van der Waals surface area contributed by atoms with Crippen LogP contribution in [0.1, 0.15) is 53.7 Å². The van der Waals surface area contributed by atoms with Crippen LogP contribution in [-0.4, -0.2) is 93.9 Å². The third-order valence-electron chi connectivity index (χ3n) is 7.77. The minimum absolute atomic E-state index is 0.0536. The highest BCUT2D eigenvalue weighted by Crippen LogP contribution is 2.35. The van der Waals surface area contributed by atoms with E-state index < -0.39 is 12.1 Å². The monoisotopic (exact) mass is 644 g/mol. The van der Waals surface area contributed by atoms with Crippen molar-refractivity contribution in [3.63, 3.8) is 0 Å². The van der Waals surface area contributed by atoms with E-state index in [9.17, 15) is 27.6 Å². The Morgan fingerprint density at radius 3 is 2.09 bits per heavy atom. The number of hydrogen-bond donors (Lipinski definition) is 1. The summed E-state index contributed by atoms with van der Waals surface area (Å²) in [5.74, 6) is -2.90. The van der Waals surface area contributed by atoms with E-state index in [0.717, 1.165) is 11.3 Å². The topological polar surface area (TPSA) is 111 Å². The van der Waals surface area contributed by atoms with Gasteiger partial charge in [-0.15, -0.1) is 0 Å². The maximum atomic E-state index is 13.5. The van der Waals surface area contributed by atoms with Gasteiger partial charge in [-0.05, 0) is 56.0 Å². The summed E-state index contributed by atoms with van der Waals surface area (Å²) >= 11 is 12.5. The molecule has 43 heavy (non-hydrogen) atoms. The third-order valence-corrected chi connectivity index (χ3v) is 8.51. The molecule has 234 valence electrons. The quantitative estimate of drug-likeness (QED) is 0.499. The molecule has 2 fully saturated rings. The smallest absolute Gasteiger partial charge is 0.475 e. The predicted molar refractivity (Wildman–Crippen MR) is 154 cm³/mol. The second-order valence-electron chi connectivity index (χ2n) is 10.6. The van der Waals surface area contributed by atoms with Gasteiger partial charge in [0.1, 0.15) is 0 Å². The van der Waals surface area contributed by atoms with Gasteiger partial charge in [0.25, 0.3) is 5.91 Å². The number of alkyl halides is 3.